The van der Waals surface area contributed by atoms with Crippen LogP contribution >= 0.6 is 0 Å². The number of aliphatic carboxylic acids is 1. The van der Waals surface area contributed by atoms with E-state index in [2.05, 4.69) is 6.07 Å². The van der Waals surface area contributed by atoms with Crippen molar-refractivity contribution in [3.63, 3.8) is 0 Å². The van der Waals surface area contributed by atoms with Crippen LogP contribution in [0.4, 0.5) is 0 Å². The molecule has 1 aromatic rings. The molecule has 0 amide bonds. The van der Waals surface area contributed by atoms with Gasteiger partial charge in [0.25, 0.3) is 0 Å². The predicted molar refractivity (Wildman–Crippen MR) is 67.9 cm³/mol. The van der Waals surface area contributed by atoms with Gasteiger partial charge < -0.3 is 16.6 Å². The van der Waals surface area contributed by atoms with E-state index >= 15 is 0 Å². The number of carbonyl (C=O) groups is 1. The predicted octanol–water partition coefficient (Wildman–Crippen LogP) is 1.33. The van der Waals surface area contributed by atoms with Crippen LogP contribution < -0.4 is 11.5 Å². The fraction of sp³-hybridized carbons (Fsp3) is 0.462. The second-order valence-corrected chi connectivity index (χ2v) is 4.56. The summed E-state index contributed by atoms with van der Waals surface area (Å²) in [6.07, 6.45) is 0. The molecule has 0 saturated heterocycles. The lowest BCUT2D eigenvalue weighted by atomic mass is 9.87. The molecule has 0 aliphatic rings. The lowest BCUT2D eigenvalue weighted by Gasteiger charge is -2.23. The first-order valence-corrected chi connectivity index (χ1v) is 5.58. The van der Waals surface area contributed by atoms with E-state index in [1.807, 2.05) is 27.7 Å². The number of nitrogens with two attached hydrogens (primary N) is 2. The summed E-state index contributed by atoms with van der Waals surface area (Å²) >= 11 is 0. The normalized spacial score (nSPS) is 14.5. The van der Waals surface area contributed by atoms with E-state index in [1.54, 1.807) is 0 Å². The molecular formula is C13H20N2O2. The van der Waals surface area contributed by atoms with Gasteiger partial charge in [0.2, 0.25) is 0 Å². The van der Waals surface area contributed by atoms with Crippen LogP contribution in [0.5, 0.6) is 0 Å². The van der Waals surface area contributed by atoms with Gasteiger partial charge in [-0.3, -0.25) is 4.79 Å². The molecule has 0 aromatic heterocycles. The maximum atomic E-state index is 10.9. The molecule has 1 rings (SSSR count). The van der Waals surface area contributed by atoms with Crippen molar-refractivity contribution in [2.24, 2.45) is 11.5 Å². The highest BCUT2D eigenvalue weighted by atomic mass is 16.4. The van der Waals surface area contributed by atoms with E-state index in [0.29, 0.717) is 0 Å². The molecule has 4 nitrogen and oxygen atoms in total. The van der Waals surface area contributed by atoms with Gasteiger partial charge in [-0.05, 0) is 55.5 Å². The molecule has 0 fully saturated rings. The first-order chi connectivity index (χ1) is 7.77. The molecule has 0 heterocycles. The molecule has 17 heavy (non-hydrogen) atoms. The summed E-state index contributed by atoms with van der Waals surface area (Å²) in [5, 5.41) is 8.93. The van der Waals surface area contributed by atoms with Gasteiger partial charge in [0, 0.05) is 0 Å². The minimum absolute atomic E-state index is 0.675. The lowest BCUT2D eigenvalue weighted by molar-refractivity contribution is -0.139. The maximum absolute atomic E-state index is 10.9. The quantitative estimate of drug-likeness (QED) is 0.738. The molecular weight excluding hydrogens is 216 g/mol. The fourth-order valence-corrected chi connectivity index (χ4v) is 2.08. The minimum atomic E-state index is -1.08. The highest BCUT2D eigenvalue weighted by molar-refractivity contribution is 5.75. The van der Waals surface area contributed by atoms with Crippen LogP contribution in [-0.4, -0.2) is 17.1 Å². The highest BCUT2D eigenvalue weighted by Crippen LogP contribution is 2.27. The van der Waals surface area contributed by atoms with E-state index in [4.69, 9.17) is 16.6 Å². The number of benzene rings is 1. The Balaban J connectivity index is 3.35. The Kier molecular flexibility index (Phi) is 3.91. The van der Waals surface area contributed by atoms with Crippen LogP contribution in [0.3, 0.4) is 0 Å². The van der Waals surface area contributed by atoms with Crippen molar-refractivity contribution >= 4 is 5.97 Å². The summed E-state index contributed by atoms with van der Waals surface area (Å²) in [7, 11) is 0. The second-order valence-electron chi connectivity index (χ2n) is 4.56. The molecule has 0 spiro atoms. The molecule has 0 aliphatic heterocycles. The third-order valence-electron chi connectivity index (χ3n) is 3.43. The van der Waals surface area contributed by atoms with Crippen LogP contribution in [-0.2, 0) is 4.79 Å². The van der Waals surface area contributed by atoms with Crippen molar-refractivity contribution in [3.8, 4) is 0 Å². The summed E-state index contributed by atoms with van der Waals surface area (Å²) in [6, 6.07) is 0.326. The second kappa shape index (κ2) is 4.85. The Morgan fingerprint density at radius 1 is 1.12 bits per heavy atom. The fourth-order valence-electron chi connectivity index (χ4n) is 2.08. The molecule has 0 aliphatic carbocycles. The van der Waals surface area contributed by atoms with E-state index in [0.717, 1.165) is 27.8 Å². The zero-order chi connectivity index (χ0) is 13.3. The lowest BCUT2D eigenvalue weighted by Crippen LogP contribution is -2.41. The average molecular weight is 236 g/mol. The number of carboxylic acid groups (broad SMARTS) is 1. The molecule has 5 N–H and O–H groups in total. The summed E-state index contributed by atoms with van der Waals surface area (Å²) in [4.78, 5) is 10.9. The van der Waals surface area contributed by atoms with Gasteiger partial charge in [-0.2, -0.15) is 0 Å². The Hall–Kier alpha value is -1.39. The number of aryl methyl sites for hydroxylation is 2. The highest BCUT2D eigenvalue weighted by Gasteiger charge is 2.25. The first-order valence-electron chi connectivity index (χ1n) is 5.58. The number of carboxylic acids is 1. The van der Waals surface area contributed by atoms with Gasteiger partial charge in [-0.1, -0.05) is 6.07 Å². The zero-order valence-corrected chi connectivity index (χ0v) is 10.7. The van der Waals surface area contributed by atoms with Crippen LogP contribution in [0.2, 0.25) is 0 Å². The van der Waals surface area contributed by atoms with Gasteiger partial charge in [-0.25, -0.2) is 0 Å². The average Bonchev–Trinajstić information content (AvgIpc) is 2.25. The SMILES string of the molecule is Cc1cc(C)c(C)c(C(N)C(N)C(=O)O)c1C. The van der Waals surface area contributed by atoms with Crippen LogP contribution in [0.25, 0.3) is 0 Å². The number of hydrogen-bond acceptors (Lipinski definition) is 3. The Morgan fingerprint density at radius 3 is 1.88 bits per heavy atom. The monoisotopic (exact) mass is 236 g/mol. The summed E-state index contributed by atoms with van der Waals surface area (Å²) < 4.78 is 0. The van der Waals surface area contributed by atoms with Crippen molar-refractivity contribution < 1.29 is 9.90 Å². The Morgan fingerprint density at radius 2 is 1.53 bits per heavy atom. The van der Waals surface area contributed by atoms with Crippen LogP contribution in [0, 0.1) is 27.7 Å². The first kappa shape index (κ1) is 13.7. The number of hydrogen-bond donors (Lipinski definition) is 3. The standard InChI is InChI=1S/C13H20N2O2/c1-6-5-7(2)9(4)10(8(6)3)11(14)12(15)13(16)17/h5,11-12H,14-15H2,1-4H3,(H,16,17). The Labute approximate surface area is 102 Å². The summed E-state index contributed by atoms with van der Waals surface area (Å²) in [6.45, 7) is 7.88. The minimum Gasteiger partial charge on any atom is -0.480 e. The smallest absolute Gasteiger partial charge is 0.322 e. The molecule has 1 aromatic carbocycles. The zero-order valence-electron chi connectivity index (χ0n) is 10.7. The molecule has 2 unspecified atom stereocenters. The largest absolute Gasteiger partial charge is 0.480 e. The molecule has 4 heteroatoms. The molecule has 2 atom stereocenters. The van der Waals surface area contributed by atoms with E-state index in [-0.39, 0.29) is 0 Å². The maximum Gasteiger partial charge on any atom is 0.322 e. The van der Waals surface area contributed by atoms with Crippen molar-refractivity contribution in [3.05, 3.63) is 33.9 Å². The van der Waals surface area contributed by atoms with E-state index in [9.17, 15) is 4.79 Å². The van der Waals surface area contributed by atoms with Crippen molar-refractivity contribution in [2.45, 2.75) is 39.8 Å². The molecule has 94 valence electrons. The van der Waals surface area contributed by atoms with Crippen molar-refractivity contribution in [1.82, 2.24) is 0 Å². The number of rotatable bonds is 3. The third kappa shape index (κ3) is 2.48. The topological polar surface area (TPSA) is 89.3 Å². The molecule has 0 bridgehead atoms. The summed E-state index contributed by atoms with van der Waals surface area (Å²) in [5.41, 5.74) is 16.7. The Bertz CT molecular complexity index is 429. The molecule has 0 radical (unpaired) electrons. The van der Waals surface area contributed by atoms with Gasteiger partial charge >= 0.3 is 5.97 Å². The van der Waals surface area contributed by atoms with Crippen molar-refractivity contribution in [2.75, 3.05) is 0 Å². The molecule has 0 saturated carbocycles. The third-order valence-corrected chi connectivity index (χ3v) is 3.43. The van der Waals surface area contributed by atoms with Gasteiger partial charge in [0.1, 0.15) is 6.04 Å². The summed E-state index contributed by atoms with van der Waals surface area (Å²) in [5.74, 6) is -1.07. The van der Waals surface area contributed by atoms with Gasteiger partial charge in [0.05, 0.1) is 6.04 Å². The van der Waals surface area contributed by atoms with Crippen LogP contribution in [0.1, 0.15) is 33.9 Å². The van der Waals surface area contributed by atoms with Crippen molar-refractivity contribution in [1.29, 1.82) is 0 Å². The van der Waals surface area contributed by atoms with E-state index < -0.39 is 18.1 Å². The van der Waals surface area contributed by atoms with E-state index in [1.165, 1.54) is 0 Å². The van der Waals surface area contributed by atoms with Crippen LogP contribution in [0.15, 0.2) is 6.07 Å². The van der Waals surface area contributed by atoms with Gasteiger partial charge in [-0.15, -0.1) is 0 Å². The van der Waals surface area contributed by atoms with Gasteiger partial charge in [0.15, 0.2) is 0 Å².